The molecule has 3 aromatic rings. The summed E-state index contributed by atoms with van der Waals surface area (Å²) in [6, 6.07) is 9.24. The first-order valence-electron chi connectivity index (χ1n) is 10.0. The number of halogens is 2. The van der Waals surface area contributed by atoms with E-state index in [2.05, 4.69) is 44.9 Å². The Morgan fingerprint density at radius 1 is 1.29 bits per heavy atom. The van der Waals surface area contributed by atoms with E-state index in [1.807, 2.05) is 12.1 Å². The van der Waals surface area contributed by atoms with Crippen LogP contribution in [0.3, 0.4) is 0 Å². The van der Waals surface area contributed by atoms with Crippen LogP contribution in [-0.4, -0.2) is 33.8 Å². The van der Waals surface area contributed by atoms with E-state index in [4.69, 9.17) is 0 Å². The molecule has 1 amide bonds. The molecule has 0 spiro atoms. The summed E-state index contributed by atoms with van der Waals surface area (Å²) in [5.41, 5.74) is 3.68. The molecular weight excluding hydrogens is 483 g/mol. The maximum atomic E-state index is 13.7. The van der Waals surface area contributed by atoms with Gasteiger partial charge < -0.3 is 15.4 Å². The van der Waals surface area contributed by atoms with Crippen molar-refractivity contribution in [2.45, 2.75) is 31.2 Å². The number of nitrogens with one attached hydrogen (secondary N) is 2. The minimum absolute atomic E-state index is 0.00257. The molecule has 3 unspecified atom stereocenters. The third-order valence-electron chi connectivity index (χ3n) is 6.02. The minimum Gasteiger partial charge on any atom is -0.480 e. The third kappa shape index (κ3) is 4.50. The smallest absolute Gasteiger partial charge is 0.326 e. The van der Waals surface area contributed by atoms with Gasteiger partial charge in [0, 0.05) is 33.7 Å². The number of hydrogen-bond acceptors (Lipinski definition) is 3. The second-order valence-electron chi connectivity index (χ2n) is 7.88. The Kier molecular flexibility index (Phi) is 6.39. The molecule has 0 bridgehead atoms. The lowest BCUT2D eigenvalue weighted by Crippen LogP contribution is -2.46. The highest BCUT2D eigenvalue weighted by molar-refractivity contribution is 9.10. The van der Waals surface area contributed by atoms with Gasteiger partial charge in [-0.3, -0.25) is 4.79 Å². The van der Waals surface area contributed by atoms with Gasteiger partial charge in [0.05, 0.1) is 5.92 Å². The number of carbonyl (C=O) groups is 2. The lowest BCUT2D eigenvalue weighted by Gasteiger charge is -2.24. The van der Waals surface area contributed by atoms with Crippen LogP contribution in [0.15, 0.2) is 47.1 Å². The number of thiol groups is 1. The first-order chi connectivity index (χ1) is 14.9. The van der Waals surface area contributed by atoms with Crippen LogP contribution in [-0.2, 0) is 22.4 Å². The molecule has 162 valence electrons. The second-order valence-corrected chi connectivity index (χ2v) is 9.17. The van der Waals surface area contributed by atoms with E-state index in [9.17, 15) is 19.1 Å². The monoisotopic (exact) mass is 504 g/mol. The molecule has 1 heterocycles. The van der Waals surface area contributed by atoms with Crippen LogP contribution < -0.4 is 5.32 Å². The van der Waals surface area contributed by atoms with Crippen LogP contribution in [0, 0.1) is 11.7 Å². The Labute approximate surface area is 193 Å². The van der Waals surface area contributed by atoms with E-state index < -0.39 is 23.7 Å². The average Bonchev–Trinajstić information content (AvgIpc) is 3.32. The molecule has 0 saturated heterocycles. The van der Waals surface area contributed by atoms with E-state index in [1.54, 1.807) is 12.3 Å². The molecule has 3 N–H and O–H groups in total. The lowest BCUT2D eigenvalue weighted by atomic mass is 9.87. The predicted molar refractivity (Wildman–Crippen MR) is 124 cm³/mol. The second kappa shape index (κ2) is 9.04. The minimum atomic E-state index is -1.13. The van der Waals surface area contributed by atoms with Crippen molar-refractivity contribution >= 4 is 51.3 Å². The molecular formula is C23H22BrFN2O3S. The summed E-state index contributed by atoms with van der Waals surface area (Å²) in [5, 5.41) is 13.0. The van der Waals surface area contributed by atoms with Gasteiger partial charge >= 0.3 is 5.97 Å². The number of aromatic nitrogens is 1. The Hall–Kier alpha value is -2.32. The summed E-state index contributed by atoms with van der Waals surface area (Å²) in [4.78, 5) is 28.0. The number of benzene rings is 2. The lowest BCUT2D eigenvalue weighted by molar-refractivity contribution is -0.142. The van der Waals surface area contributed by atoms with Crippen molar-refractivity contribution in [3.05, 3.63) is 69.6 Å². The van der Waals surface area contributed by atoms with Gasteiger partial charge in [-0.05, 0) is 65.8 Å². The highest BCUT2D eigenvalue weighted by Gasteiger charge is 2.35. The van der Waals surface area contributed by atoms with Crippen LogP contribution in [0.2, 0.25) is 0 Å². The van der Waals surface area contributed by atoms with Crippen molar-refractivity contribution in [2.24, 2.45) is 5.92 Å². The molecule has 2 aromatic carbocycles. The fourth-order valence-electron chi connectivity index (χ4n) is 4.45. The summed E-state index contributed by atoms with van der Waals surface area (Å²) < 4.78 is 14.7. The molecule has 1 aromatic heterocycles. The molecule has 8 heteroatoms. The number of rotatable bonds is 7. The quantitative estimate of drug-likeness (QED) is 0.358. The maximum absolute atomic E-state index is 13.7. The third-order valence-corrected chi connectivity index (χ3v) is 6.90. The van der Waals surface area contributed by atoms with Crippen LogP contribution >= 0.6 is 28.6 Å². The molecule has 1 aliphatic rings. The maximum Gasteiger partial charge on any atom is 0.326 e. The number of aryl methyl sites for hydroxylation is 1. The van der Waals surface area contributed by atoms with Crippen LogP contribution in [0.1, 0.15) is 29.0 Å². The van der Waals surface area contributed by atoms with Gasteiger partial charge in [-0.2, -0.15) is 12.6 Å². The summed E-state index contributed by atoms with van der Waals surface area (Å²) >= 11 is 7.88. The highest BCUT2D eigenvalue weighted by Crippen LogP contribution is 2.40. The zero-order valence-electron chi connectivity index (χ0n) is 16.6. The zero-order chi connectivity index (χ0) is 22.1. The van der Waals surface area contributed by atoms with Gasteiger partial charge in [0.15, 0.2) is 0 Å². The Morgan fingerprint density at radius 3 is 2.84 bits per heavy atom. The van der Waals surface area contributed by atoms with E-state index in [1.165, 1.54) is 17.7 Å². The topological polar surface area (TPSA) is 82.2 Å². The summed E-state index contributed by atoms with van der Waals surface area (Å²) in [6.07, 6.45) is 3.41. The van der Waals surface area contributed by atoms with Crippen molar-refractivity contribution in [1.29, 1.82) is 0 Å². The number of carboxylic acid groups (broad SMARTS) is 1. The van der Waals surface area contributed by atoms with Gasteiger partial charge in [0.2, 0.25) is 5.91 Å². The van der Waals surface area contributed by atoms with E-state index in [0.717, 1.165) is 22.9 Å². The fraction of sp³-hybridized carbons (Fsp3) is 0.304. The number of fused-ring (bicyclic) bond motifs is 2. The fourth-order valence-corrected chi connectivity index (χ4v) is 5.28. The number of aliphatic carboxylic acids is 1. The van der Waals surface area contributed by atoms with Gasteiger partial charge in [-0.25, -0.2) is 9.18 Å². The molecule has 1 aliphatic carbocycles. The van der Waals surface area contributed by atoms with Crippen LogP contribution in [0.4, 0.5) is 4.39 Å². The number of H-pyrrole nitrogens is 1. The van der Waals surface area contributed by atoms with Gasteiger partial charge in [0.1, 0.15) is 11.9 Å². The Bertz CT molecular complexity index is 1150. The number of carboxylic acids is 1. The first-order valence-corrected chi connectivity index (χ1v) is 11.5. The van der Waals surface area contributed by atoms with Crippen molar-refractivity contribution < 1.29 is 19.1 Å². The van der Waals surface area contributed by atoms with Crippen LogP contribution in [0.25, 0.3) is 10.9 Å². The van der Waals surface area contributed by atoms with Crippen LogP contribution in [0.5, 0.6) is 0 Å². The molecule has 4 rings (SSSR count). The summed E-state index contributed by atoms with van der Waals surface area (Å²) in [5.74, 6) is -1.98. The van der Waals surface area contributed by atoms with E-state index >= 15 is 0 Å². The molecule has 0 radical (unpaired) electrons. The standard InChI is InChI=1S/C23H22BrFN2O3S/c24-14-2-5-16-12(7-14)1-4-17(16)19(11-31)22(28)27-21(23(29)30)8-13-10-26-20-6-3-15(25)9-18(13)20/h2-3,5-7,9-10,17,19,21,26,31H,1,4,8,11H2,(H,27,28)(H,29,30). The van der Waals surface area contributed by atoms with Crippen molar-refractivity contribution in [3.8, 4) is 0 Å². The van der Waals surface area contributed by atoms with E-state index in [0.29, 0.717) is 22.2 Å². The highest BCUT2D eigenvalue weighted by atomic mass is 79.9. The Balaban J connectivity index is 1.53. The summed E-state index contributed by atoms with van der Waals surface area (Å²) in [6.45, 7) is 0. The van der Waals surface area contributed by atoms with Gasteiger partial charge in [-0.15, -0.1) is 0 Å². The number of amides is 1. The molecule has 0 saturated carbocycles. The SMILES string of the molecule is O=C(O)C(Cc1c[nH]c2ccc(F)cc12)NC(=O)C(CS)C1CCc2cc(Br)ccc21. The number of aromatic amines is 1. The molecule has 31 heavy (non-hydrogen) atoms. The number of carbonyl (C=O) groups excluding carboxylic acids is 1. The van der Waals surface area contributed by atoms with Gasteiger partial charge in [-0.1, -0.05) is 22.0 Å². The molecule has 0 aliphatic heterocycles. The summed E-state index contributed by atoms with van der Waals surface area (Å²) in [7, 11) is 0. The predicted octanol–water partition coefficient (Wildman–Crippen LogP) is 4.46. The van der Waals surface area contributed by atoms with Crippen molar-refractivity contribution in [3.63, 3.8) is 0 Å². The average molecular weight is 505 g/mol. The first kappa shape index (κ1) is 21.9. The van der Waals surface area contributed by atoms with Crippen molar-refractivity contribution in [1.82, 2.24) is 10.3 Å². The largest absolute Gasteiger partial charge is 0.480 e. The zero-order valence-corrected chi connectivity index (χ0v) is 19.0. The van der Waals surface area contributed by atoms with Gasteiger partial charge in [0.25, 0.3) is 0 Å². The Morgan fingerprint density at radius 2 is 2.10 bits per heavy atom. The van der Waals surface area contributed by atoms with Crippen molar-refractivity contribution in [2.75, 3.05) is 5.75 Å². The normalized spacial score (nSPS) is 17.3. The number of hydrogen-bond donors (Lipinski definition) is 4. The molecule has 0 fully saturated rings. The van der Waals surface area contributed by atoms with E-state index in [-0.39, 0.29) is 18.2 Å². The molecule has 3 atom stereocenters. The molecule has 5 nitrogen and oxygen atoms in total.